The zero-order valence-corrected chi connectivity index (χ0v) is 13.7. The van der Waals surface area contributed by atoms with Gasteiger partial charge in [0.1, 0.15) is 0 Å². The monoisotopic (exact) mass is 287 g/mol. The van der Waals surface area contributed by atoms with Gasteiger partial charge in [0.2, 0.25) is 0 Å². The fourth-order valence-corrected chi connectivity index (χ4v) is 3.38. The normalized spacial score (nSPS) is 12.1. The van der Waals surface area contributed by atoms with Crippen molar-refractivity contribution < 1.29 is 0 Å². The van der Waals surface area contributed by atoms with Crippen LogP contribution in [-0.4, -0.2) is 7.05 Å². The molecule has 0 heterocycles. The van der Waals surface area contributed by atoms with Crippen LogP contribution in [0.2, 0.25) is 0 Å². The predicted molar refractivity (Wildman–Crippen MR) is 97.2 cm³/mol. The molecule has 3 aromatic rings. The Morgan fingerprint density at radius 1 is 0.955 bits per heavy atom. The maximum absolute atomic E-state index is 4.61. The molecular formula is C21H21N. The van der Waals surface area contributed by atoms with E-state index in [9.17, 15) is 0 Å². The summed E-state index contributed by atoms with van der Waals surface area (Å²) in [5, 5.41) is 6.08. The Morgan fingerprint density at radius 2 is 1.73 bits per heavy atom. The van der Waals surface area contributed by atoms with Crippen LogP contribution in [0.4, 0.5) is 0 Å². The van der Waals surface area contributed by atoms with Gasteiger partial charge in [-0.2, -0.15) is 0 Å². The maximum Gasteiger partial charge on any atom is 0.0687 e. The van der Waals surface area contributed by atoms with Gasteiger partial charge >= 0.3 is 0 Å². The molecule has 0 aliphatic carbocycles. The topological polar surface area (TPSA) is 12.4 Å². The summed E-state index contributed by atoms with van der Waals surface area (Å²) in [6, 6.07) is 13.1. The van der Waals surface area contributed by atoms with Crippen LogP contribution in [0.25, 0.3) is 27.6 Å². The Kier molecular flexibility index (Phi) is 3.58. The molecule has 0 amide bonds. The number of benzene rings is 2. The van der Waals surface area contributed by atoms with Crippen molar-refractivity contribution >= 4 is 27.6 Å². The largest absolute Gasteiger partial charge is 0.288 e. The molecule has 1 nitrogen and oxygen atoms in total. The minimum atomic E-state index is 1.07. The Morgan fingerprint density at radius 3 is 2.41 bits per heavy atom. The van der Waals surface area contributed by atoms with E-state index in [1.54, 1.807) is 0 Å². The van der Waals surface area contributed by atoms with Crippen molar-refractivity contribution in [3.8, 4) is 0 Å². The molecule has 0 atom stereocenters. The van der Waals surface area contributed by atoms with E-state index in [1.165, 1.54) is 43.8 Å². The van der Waals surface area contributed by atoms with E-state index < -0.39 is 0 Å². The number of nitrogens with zero attached hydrogens (tertiary/aromatic N) is 1. The van der Waals surface area contributed by atoms with Gasteiger partial charge in [-0.1, -0.05) is 54.6 Å². The first-order chi connectivity index (χ1) is 10.6. The Labute approximate surface area is 131 Å². The summed E-state index contributed by atoms with van der Waals surface area (Å²) in [5.74, 6) is 0. The van der Waals surface area contributed by atoms with Crippen LogP contribution in [0.5, 0.6) is 0 Å². The maximum atomic E-state index is 4.61. The quantitative estimate of drug-likeness (QED) is 0.591. The molecule has 3 aromatic carbocycles. The Bertz CT molecular complexity index is 978. The van der Waals surface area contributed by atoms with Gasteiger partial charge in [0.25, 0.3) is 0 Å². The zero-order chi connectivity index (χ0) is 15.9. The van der Waals surface area contributed by atoms with Crippen molar-refractivity contribution in [3.05, 3.63) is 70.6 Å². The standard InChI is InChI=1S/C21H21N/c1-6-16-15(4)21(22-5)20-14(3)8-7-9-18(20)19-12-13(2)10-11-17(16)19/h6-12H,1H2,2-5H3. The summed E-state index contributed by atoms with van der Waals surface area (Å²) in [4.78, 5) is 4.61. The van der Waals surface area contributed by atoms with Crippen LogP contribution in [-0.2, 0) is 0 Å². The first-order valence-electron chi connectivity index (χ1n) is 7.60. The third kappa shape index (κ3) is 2.05. The van der Waals surface area contributed by atoms with Crippen LogP contribution in [0.15, 0.2) is 48.0 Å². The molecule has 22 heavy (non-hydrogen) atoms. The highest BCUT2D eigenvalue weighted by molar-refractivity contribution is 6.10. The summed E-state index contributed by atoms with van der Waals surface area (Å²) in [6.07, 6.45) is 1.95. The van der Waals surface area contributed by atoms with E-state index in [0.29, 0.717) is 0 Å². The Hall–Kier alpha value is -2.41. The summed E-state index contributed by atoms with van der Waals surface area (Å²) in [7, 11) is 1.87. The molecule has 0 saturated heterocycles. The molecule has 0 saturated carbocycles. The molecule has 0 aliphatic rings. The highest BCUT2D eigenvalue weighted by Gasteiger charge is 2.10. The van der Waals surface area contributed by atoms with Crippen molar-refractivity contribution in [1.82, 2.24) is 0 Å². The van der Waals surface area contributed by atoms with Gasteiger partial charge in [-0.25, -0.2) is 0 Å². The van der Waals surface area contributed by atoms with Crippen LogP contribution >= 0.6 is 0 Å². The van der Waals surface area contributed by atoms with E-state index in [-0.39, 0.29) is 0 Å². The molecule has 0 aromatic heterocycles. The first kappa shape index (κ1) is 14.5. The lowest BCUT2D eigenvalue weighted by molar-refractivity contribution is 1.24. The highest BCUT2D eigenvalue weighted by atomic mass is 14.6. The molecule has 0 N–H and O–H groups in total. The van der Waals surface area contributed by atoms with E-state index in [0.717, 1.165) is 5.36 Å². The van der Waals surface area contributed by atoms with E-state index in [2.05, 4.69) is 68.7 Å². The first-order valence-corrected chi connectivity index (χ1v) is 7.60. The number of hydrogen-bond donors (Lipinski definition) is 0. The molecule has 0 unspecified atom stereocenters. The van der Waals surface area contributed by atoms with Crippen LogP contribution in [0.3, 0.4) is 0 Å². The highest BCUT2D eigenvalue weighted by Crippen LogP contribution is 2.29. The lowest BCUT2D eigenvalue weighted by Crippen LogP contribution is -2.07. The van der Waals surface area contributed by atoms with E-state index in [1.807, 2.05) is 13.1 Å². The summed E-state index contributed by atoms with van der Waals surface area (Å²) >= 11 is 0. The summed E-state index contributed by atoms with van der Waals surface area (Å²) < 4.78 is 0. The van der Waals surface area contributed by atoms with Crippen molar-refractivity contribution in [2.45, 2.75) is 20.8 Å². The second-order valence-electron chi connectivity index (χ2n) is 5.86. The van der Waals surface area contributed by atoms with E-state index >= 15 is 0 Å². The fourth-order valence-electron chi connectivity index (χ4n) is 3.38. The fraction of sp³-hybridized carbons (Fsp3) is 0.190. The van der Waals surface area contributed by atoms with Gasteiger partial charge in [-0.3, -0.25) is 4.99 Å². The number of rotatable bonds is 1. The van der Waals surface area contributed by atoms with E-state index in [4.69, 9.17) is 0 Å². The van der Waals surface area contributed by atoms with Crippen LogP contribution < -0.4 is 5.36 Å². The Balaban J connectivity index is 2.86. The summed E-state index contributed by atoms with van der Waals surface area (Å²) in [6.45, 7) is 10.5. The summed E-state index contributed by atoms with van der Waals surface area (Å²) in [5.41, 5.74) is 4.89. The zero-order valence-electron chi connectivity index (χ0n) is 13.7. The minimum absolute atomic E-state index is 1.07. The van der Waals surface area contributed by atoms with Crippen LogP contribution in [0, 0.1) is 20.8 Å². The molecule has 110 valence electrons. The third-order valence-electron chi connectivity index (χ3n) is 4.45. The van der Waals surface area contributed by atoms with Gasteiger partial charge in [0.05, 0.1) is 5.36 Å². The van der Waals surface area contributed by atoms with Gasteiger partial charge in [0.15, 0.2) is 0 Å². The molecule has 0 aliphatic heterocycles. The second-order valence-corrected chi connectivity index (χ2v) is 5.86. The number of hydrogen-bond acceptors (Lipinski definition) is 1. The predicted octanol–water partition coefficient (Wildman–Crippen LogP) is 5.09. The smallest absolute Gasteiger partial charge is 0.0687 e. The van der Waals surface area contributed by atoms with Gasteiger partial charge in [0, 0.05) is 12.4 Å². The lowest BCUT2D eigenvalue weighted by atomic mass is 10.0. The molecule has 0 fully saturated rings. The SMILES string of the molecule is C=Cc1c(C)c(=NC)c2c(C)cccc2c2cc(C)ccc12. The van der Waals surface area contributed by atoms with Crippen molar-refractivity contribution in [2.24, 2.45) is 4.99 Å². The van der Waals surface area contributed by atoms with Crippen molar-refractivity contribution in [1.29, 1.82) is 0 Å². The van der Waals surface area contributed by atoms with Gasteiger partial charge in [-0.05, 0) is 53.6 Å². The molecule has 1 heteroatoms. The average molecular weight is 287 g/mol. The van der Waals surface area contributed by atoms with Crippen molar-refractivity contribution in [3.63, 3.8) is 0 Å². The molecule has 0 spiro atoms. The average Bonchev–Trinajstić information content (AvgIpc) is 2.60. The number of aryl methyl sites for hydroxylation is 2. The molecule has 0 bridgehead atoms. The molecule has 0 radical (unpaired) electrons. The van der Waals surface area contributed by atoms with Gasteiger partial charge in [-0.15, -0.1) is 0 Å². The third-order valence-corrected chi connectivity index (χ3v) is 4.45. The lowest BCUT2D eigenvalue weighted by Gasteiger charge is -2.03. The van der Waals surface area contributed by atoms with Crippen molar-refractivity contribution in [2.75, 3.05) is 7.05 Å². The molecule has 3 rings (SSSR count). The number of fused-ring (bicyclic) bond motifs is 3. The molecular weight excluding hydrogens is 266 g/mol. The second kappa shape index (κ2) is 5.42. The van der Waals surface area contributed by atoms with Gasteiger partial charge < -0.3 is 0 Å². The van der Waals surface area contributed by atoms with Crippen LogP contribution in [0.1, 0.15) is 22.3 Å². The minimum Gasteiger partial charge on any atom is -0.288 e.